The van der Waals surface area contributed by atoms with Crippen LogP contribution in [0.4, 0.5) is 4.39 Å². The molecule has 1 atom stereocenters. The fourth-order valence-electron chi connectivity index (χ4n) is 2.36. The monoisotopic (exact) mass is 259 g/mol. The van der Waals surface area contributed by atoms with Gasteiger partial charge in [0.25, 0.3) is 0 Å². The first-order valence-corrected chi connectivity index (χ1v) is 6.22. The van der Waals surface area contributed by atoms with E-state index in [1.54, 1.807) is 12.1 Å². The molecule has 1 amide bonds. The van der Waals surface area contributed by atoms with Crippen molar-refractivity contribution < 1.29 is 9.18 Å². The topological polar surface area (TPSA) is 57.8 Å². The number of aryl methyl sites for hydroxylation is 1. The van der Waals surface area contributed by atoms with Gasteiger partial charge in [-0.3, -0.25) is 4.79 Å². The molecule has 0 spiro atoms. The Morgan fingerprint density at radius 2 is 2.05 bits per heavy atom. The van der Waals surface area contributed by atoms with Gasteiger partial charge in [0.2, 0.25) is 5.91 Å². The zero-order valence-electron chi connectivity index (χ0n) is 10.5. The lowest BCUT2D eigenvalue weighted by atomic mass is 10.1. The van der Waals surface area contributed by atoms with E-state index in [-0.39, 0.29) is 17.6 Å². The van der Waals surface area contributed by atoms with E-state index in [0.29, 0.717) is 13.0 Å². The molecule has 1 aromatic heterocycles. The average Bonchev–Trinajstić information content (AvgIpc) is 2.97. The lowest BCUT2D eigenvalue weighted by Gasteiger charge is -2.01. The van der Waals surface area contributed by atoms with Crippen LogP contribution in [0, 0.1) is 12.7 Å². The highest BCUT2D eigenvalue weighted by molar-refractivity contribution is 5.79. The predicted octanol–water partition coefficient (Wildman–Crippen LogP) is 2.13. The second kappa shape index (κ2) is 4.50. The summed E-state index contributed by atoms with van der Waals surface area (Å²) in [6.45, 7) is 2.55. The van der Waals surface area contributed by atoms with Gasteiger partial charge in [-0.25, -0.2) is 9.37 Å². The van der Waals surface area contributed by atoms with Crippen molar-refractivity contribution in [1.82, 2.24) is 15.3 Å². The summed E-state index contributed by atoms with van der Waals surface area (Å²) < 4.78 is 12.9. The maximum absolute atomic E-state index is 12.9. The first kappa shape index (κ1) is 11.9. The summed E-state index contributed by atoms with van der Waals surface area (Å²) >= 11 is 0. The SMILES string of the molecule is Cc1[nH]c(C2CNC(=O)C2)nc1-c1ccc(F)cc1. The number of aromatic amines is 1. The zero-order valence-corrected chi connectivity index (χ0v) is 10.5. The number of imidazole rings is 1. The van der Waals surface area contributed by atoms with E-state index in [1.807, 2.05) is 6.92 Å². The van der Waals surface area contributed by atoms with Crippen molar-refractivity contribution in [2.24, 2.45) is 0 Å². The third-order valence-corrected chi connectivity index (χ3v) is 3.38. The summed E-state index contributed by atoms with van der Waals surface area (Å²) in [6, 6.07) is 6.26. The van der Waals surface area contributed by atoms with Crippen LogP contribution in [0.1, 0.15) is 23.9 Å². The third kappa shape index (κ3) is 2.23. The molecule has 3 rings (SSSR count). The van der Waals surface area contributed by atoms with Crippen LogP contribution in [0.2, 0.25) is 0 Å². The van der Waals surface area contributed by atoms with Gasteiger partial charge in [-0.1, -0.05) is 0 Å². The van der Waals surface area contributed by atoms with Crippen LogP contribution < -0.4 is 5.32 Å². The van der Waals surface area contributed by atoms with Gasteiger partial charge in [0.1, 0.15) is 11.6 Å². The highest BCUT2D eigenvalue weighted by Gasteiger charge is 2.26. The lowest BCUT2D eigenvalue weighted by Crippen LogP contribution is -2.13. The second-order valence-corrected chi connectivity index (χ2v) is 4.81. The number of hydrogen-bond acceptors (Lipinski definition) is 2. The molecule has 1 aliphatic rings. The molecule has 0 aliphatic carbocycles. The van der Waals surface area contributed by atoms with E-state index < -0.39 is 0 Å². The van der Waals surface area contributed by atoms with Crippen LogP contribution in [0.5, 0.6) is 0 Å². The quantitative estimate of drug-likeness (QED) is 0.868. The zero-order chi connectivity index (χ0) is 13.4. The molecule has 0 saturated carbocycles. The fourth-order valence-corrected chi connectivity index (χ4v) is 2.36. The van der Waals surface area contributed by atoms with Crippen LogP contribution >= 0.6 is 0 Å². The van der Waals surface area contributed by atoms with E-state index in [2.05, 4.69) is 15.3 Å². The Kier molecular flexibility index (Phi) is 2.81. The lowest BCUT2D eigenvalue weighted by molar-refractivity contribution is -0.119. The first-order valence-electron chi connectivity index (χ1n) is 6.22. The molecule has 19 heavy (non-hydrogen) atoms. The Hall–Kier alpha value is -2.17. The number of benzene rings is 1. The highest BCUT2D eigenvalue weighted by atomic mass is 19.1. The molecular weight excluding hydrogens is 245 g/mol. The molecule has 0 bridgehead atoms. The van der Waals surface area contributed by atoms with E-state index >= 15 is 0 Å². The van der Waals surface area contributed by atoms with Crippen molar-refractivity contribution in [2.75, 3.05) is 6.54 Å². The summed E-state index contributed by atoms with van der Waals surface area (Å²) in [5.41, 5.74) is 2.62. The molecule has 1 saturated heterocycles. The molecule has 1 unspecified atom stereocenters. The minimum Gasteiger partial charge on any atom is -0.355 e. The van der Waals surface area contributed by atoms with Crippen molar-refractivity contribution in [1.29, 1.82) is 0 Å². The Morgan fingerprint density at radius 1 is 1.32 bits per heavy atom. The van der Waals surface area contributed by atoms with Gasteiger partial charge in [-0.2, -0.15) is 0 Å². The molecule has 4 nitrogen and oxygen atoms in total. The number of nitrogens with zero attached hydrogens (tertiary/aromatic N) is 1. The average molecular weight is 259 g/mol. The number of amides is 1. The standard InChI is InChI=1S/C14H14FN3O/c1-8-13(9-2-4-11(15)5-3-9)18-14(17-8)10-6-12(19)16-7-10/h2-5,10H,6-7H2,1H3,(H,16,19)(H,17,18). The normalized spacial score (nSPS) is 18.6. The van der Waals surface area contributed by atoms with Crippen LogP contribution in [0.25, 0.3) is 11.3 Å². The maximum atomic E-state index is 12.9. The number of halogens is 1. The third-order valence-electron chi connectivity index (χ3n) is 3.38. The Balaban J connectivity index is 1.93. The molecule has 2 aromatic rings. The Bertz CT molecular complexity index is 618. The van der Waals surface area contributed by atoms with Crippen LogP contribution in [0.15, 0.2) is 24.3 Å². The number of rotatable bonds is 2. The number of H-pyrrole nitrogens is 1. The van der Waals surface area contributed by atoms with Crippen molar-refractivity contribution in [3.8, 4) is 11.3 Å². The molecular formula is C14H14FN3O. The molecule has 0 radical (unpaired) electrons. The number of nitrogens with one attached hydrogen (secondary N) is 2. The Labute approximate surface area is 110 Å². The fraction of sp³-hybridized carbons (Fsp3) is 0.286. The van der Waals surface area contributed by atoms with Gasteiger partial charge in [-0.15, -0.1) is 0 Å². The van der Waals surface area contributed by atoms with Gasteiger partial charge < -0.3 is 10.3 Å². The van der Waals surface area contributed by atoms with E-state index in [4.69, 9.17) is 0 Å². The van der Waals surface area contributed by atoms with Gasteiger partial charge >= 0.3 is 0 Å². The molecule has 1 aromatic carbocycles. The predicted molar refractivity (Wildman–Crippen MR) is 69.1 cm³/mol. The van der Waals surface area contributed by atoms with E-state index in [1.165, 1.54) is 12.1 Å². The van der Waals surface area contributed by atoms with Crippen LogP contribution in [-0.2, 0) is 4.79 Å². The van der Waals surface area contributed by atoms with Gasteiger partial charge in [-0.05, 0) is 31.2 Å². The summed E-state index contributed by atoms with van der Waals surface area (Å²) in [7, 11) is 0. The van der Waals surface area contributed by atoms with Crippen molar-refractivity contribution in [3.05, 3.63) is 41.6 Å². The first-order chi connectivity index (χ1) is 9.13. The van der Waals surface area contributed by atoms with Crippen LogP contribution in [0.3, 0.4) is 0 Å². The minimum atomic E-state index is -0.261. The molecule has 2 heterocycles. The summed E-state index contributed by atoms with van der Waals surface area (Å²) in [5, 5.41) is 2.80. The number of carbonyl (C=O) groups excluding carboxylic acids is 1. The van der Waals surface area contributed by atoms with E-state index in [0.717, 1.165) is 22.8 Å². The van der Waals surface area contributed by atoms with Gasteiger partial charge in [0.15, 0.2) is 0 Å². The van der Waals surface area contributed by atoms with Gasteiger partial charge in [0.05, 0.1) is 5.69 Å². The Morgan fingerprint density at radius 3 is 2.68 bits per heavy atom. The second-order valence-electron chi connectivity index (χ2n) is 4.81. The maximum Gasteiger partial charge on any atom is 0.220 e. The van der Waals surface area contributed by atoms with Gasteiger partial charge in [0, 0.05) is 30.1 Å². The van der Waals surface area contributed by atoms with Crippen molar-refractivity contribution in [2.45, 2.75) is 19.3 Å². The summed E-state index contributed by atoms with van der Waals surface area (Å²) in [6.07, 6.45) is 0.468. The molecule has 1 fully saturated rings. The van der Waals surface area contributed by atoms with E-state index in [9.17, 15) is 9.18 Å². The number of carbonyl (C=O) groups is 1. The highest BCUT2D eigenvalue weighted by Crippen LogP contribution is 2.26. The summed E-state index contributed by atoms with van der Waals surface area (Å²) in [4.78, 5) is 19.0. The van der Waals surface area contributed by atoms with Crippen LogP contribution in [-0.4, -0.2) is 22.4 Å². The molecule has 98 valence electrons. The number of aromatic nitrogens is 2. The van der Waals surface area contributed by atoms with Crippen molar-refractivity contribution in [3.63, 3.8) is 0 Å². The molecule has 5 heteroatoms. The smallest absolute Gasteiger partial charge is 0.220 e. The summed E-state index contributed by atoms with van der Waals surface area (Å²) in [5.74, 6) is 0.709. The minimum absolute atomic E-state index is 0.0578. The number of hydrogen-bond donors (Lipinski definition) is 2. The molecule has 1 aliphatic heterocycles. The van der Waals surface area contributed by atoms with Crippen molar-refractivity contribution >= 4 is 5.91 Å². The molecule has 2 N–H and O–H groups in total. The largest absolute Gasteiger partial charge is 0.355 e.